The number of amides is 3. The molecule has 0 aliphatic heterocycles. The van der Waals surface area contributed by atoms with Crippen molar-refractivity contribution in [3.63, 3.8) is 0 Å². The molecule has 0 aliphatic carbocycles. The number of aryl methyl sites for hydroxylation is 1. The minimum atomic E-state index is -3.99. The summed E-state index contributed by atoms with van der Waals surface area (Å²) < 4.78 is 43.6. The number of carbonyl (C=O) groups excluding carboxylic acids is 4. The highest BCUT2D eigenvalue weighted by Gasteiger charge is 2.30. The molecule has 1 aromatic heterocycles. The number of esters is 1. The molecule has 4 rings (SSSR count). The smallest absolute Gasteiger partial charge is 0.408 e. The van der Waals surface area contributed by atoms with Crippen LogP contribution in [0, 0.1) is 6.92 Å². The maximum atomic E-state index is 13.8. The average molecular weight is 762 g/mol. The molecule has 0 fully saturated rings. The largest absolute Gasteiger partial charge is 0.459 e. The molecule has 0 saturated heterocycles. The van der Waals surface area contributed by atoms with Crippen LogP contribution in [-0.2, 0) is 53.5 Å². The van der Waals surface area contributed by atoms with Gasteiger partial charge in [0.05, 0.1) is 10.6 Å². The highest BCUT2D eigenvalue weighted by molar-refractivity contribution is 7.90. The van der Waals surface area contributed by atoms with Crippen molar-refractivity contribution in [1.82, 2.24) is 24.9 Å². The van der Waals surface area contributed by atoms with Crippen LogP contribution < -0.4 is 16.0 Å². The van der Waals surface area contributed by atoms with E-state index in [-0.39, 0.29) is 43.2 Å². The van der Waals surface area contributed by atoms with Crippen LogP contribution in [0.15, 0.2) is 102 Å². The Morgan fingerprint density at radius 2 is 1.39 bits per heavy atom. The van der Waals surface area contributed by atoms with Gasteiger partial charge in [0, 0.05) is 19.2 Å². The van der Waals surface area contributed by atoms with E-state index in [2.05, 4.69) is 20.9 Å². The SMILES string of the molecule is Cc1ccc(S(=O)(=O)n2cnc(C[C@H](NC(=O)OC(C)(C)C)C(=O)N[C@@H](CCCCNC(=O)OCc3ccccc3)C(=O)OCc3ccccc3)c2)cc1. The lowest BCUT2D eigenvalue weighted by Crippen LogP contribution is -2.53. The van der Waals surface area contributed by atoms with E-state index in [4.69, 9.17) is 14.2 Å². The summed E-state index contributed by atoms with van der Waals surface area (Å²) in [4.78, 5) is 56.5. The maximum Gasteiger partial charge on any atom is 0.408 e. The zero-order chi connectivity index (χ0) is 39.1. The second kappa shape index (κ2) is 19.4. The van der Waals surface area contributed by atoms with Crippen LogP contribution in [0.25, 0.3) is 0 Å². The van der Waals surface area contributed by atoms with Crippen LogP contribution in [0.5, 0.6) is 0 Å². The van der Waals surface area contributed by atoms with Crippen molar-refractivity contribution in [3.8, 4) is 0 Å². The second-order valence-electron chi connectivity index (χ2n) is 13.6. The molecule has 288 valence electrons. The Hall–Kier alpha value is -5.70. The molecule has 3 aromatic carbocycles. The van der Waals surface area contributed by atoms with Crippen molar-refractivity contribution in [3.05, 3.63) is 120 Å². The Morgan fingerprint density at radius 3 is 2.00 bits per heavy atom. The summed E-state index contributed by atoms with van der Waals surface area (Å²) in [5.41, 5.74) is 1.77. The number of ether oxygens (including phenoxy) is 3. The van der Waals surface area contributed by atoms with Crippen LogP contribution in [0.4, 0.5) is 9.59 Å². The van der Waals surface area contributed by atoms with E-state index < -0.39 is 51.8 Å². The van der Waals surface area contributed by atoms with E-state index in [1.165, 1.54) is 18.3 Å². The Balaban J connectivity index is 1.44. The number of aromatic nitrogens is 2. The lowest BCUT2D eigenvalue weighted by molar-refractivity contribution is -0.149. The fourth-order valence-corrected chi connectivity index (χ4v) is 6.23. The highest BCUT2D eigenvalue weighted by atomic mass is 32.2. The van der Waals surface area contributed by atoms with Crippen LogP contribution >= 0.6 is 0 Å². The first-order valence-electron chi connectivity index (χ1n) is 17.5. The van der Waals surface area contributed by atoms with E-state index in [0.717, 1.165) is 27.0 Å². The van der Waals surface area contributed by atoms with Gasteiger partial charge in [0.2, 0.25) is 5.91 Å². The van der Waals surface area contributed by atoms with E-state index in [1.54, 1.807) is 57.2 Å². The maximum absolute atomic E-state index is 13.8. The molecule has 54 heavy (non-hydrogen) atoms. The zero-order valence-corrected chi connectivity index (χ0v) is 31.6. The van der Waals surface area contributed by atoms with Gasteiger partial charge in [0.1, 0.15) is 37.2 Å². The molecular formula is C39H47N5O9S. The number of unbranched alkanes of at least 4 members (excludes halogenated alkanes) is 1. The summed E-state index contributed by atoms with van der Waals surface area (Å²) in [5.74, 6) is -1.45. The molecule has 15 heteroatoms. The molecule has 0 spiro atoms. The van der Waals surface area contributed by atoms with E-state index >= 15 is 0 Å². The summed E-state index contributed by atoms with van der Waals surface area (Å²) in [5, 5.41) is 7.91. The second-order valence-corrected chi connectivity index (χ2v) is 15.4. The molecule has 3 amide bonds. The number of hydrogen-bond acceptors (Lipinski definition) is 10. The number of carbonyl (C=O) groups is 4. The van der Waals surface area contributed by atoms with Crippen molar-refractivity contribution in [1.29, 1.82) is 0 Å². The van der Waals surface area contributed by atoms with E-state index in [1.807, 2.05) is 43.3 Å². The first kappa shape index (κ1) is 41.1. The van der Waals surface area contributed by atoms with Gasteiger partial charge < -0.3 is 30.2 Å². The van der Waals surface area contributed by atoms with E-state index in [9.17, 15) is 27.6 Å². The zero-order valence-electron chi connectivity index (χ0n) is 30.8. The van der Waals surface area contributed by atoms with Crippen molar-refractivity contribution < 1.29 is 41.8 Å². The third-order valence-electron chi connectivity index (χ3n) is 7.86. The monoisotopic (exact) mass is 761 g/mol. The van der Waals surface area contributed by atoms with Gasteiger partial charge in [0.15, 0.2) is 0 Å². The molecule has 14 nitrogen and oxygen atoms in total. The van der Waals surface area contributed by atoms with E-state index in [0.29, 0.717) is 12.8 Å². The number of nitrogens with zero attached hydrogens (tertiary/aromatic N) is 2. The van der Waals surface area contributed by atoms with Gasteiger partial charge in [-0.25, -0.2) is 31.8 Å². The molecule has 0 saturated carbocycles. The molecule has 3 N–H and O–H groups in total. The minimum Gasteiger partial charge on any atom is -0.459 e. The van der Waals surface area contributed by atoms with Crippen LogP contribution in [0.3, 0.4) is 0 Å². The standard InChI is InChI=1S/C39H47N5O9S/c1-28-18-20-32(21-19-28)54(49,50)44-24-31(41-27-44)23-34(43-38(48)53-39(2,3)4)35(45)42-33(36(46)51-25-29-13-7-5-8-14-29)17-11-12-22-40-37(47)52-26-30-15-9-6-10-16-30/h5-10,13-16,18-21,24,27,33-34H,11-12,17,22-23,25-26H2,1-4H3,(H,40,47)(H,42,45)(H,43,48)/t33-,34-/m0/s1. The van der Waals surface area contributed by atoms with Gasteiger partial charge in [-0.3, -0.25) is 4.79 Å². The molecular weight excluding hydrogens is 715 g/mol. The summed E-state index contributed by atoms with van der Waals surface area (Å²) in [6, 6.07) is 22.1. The Bertz CT molecular complexity index is 1950. The number of alkyl carbamates (subject to hydrolysis) is 2. The van der Waals surface area contributed by atoms with Crippen molar-refractivity contribution in [2.45, 2.75) is 89.2 Å². The molecule has 0 bridgehead atoms. The van der Waals surface area contributed by atoms with Crippen LogP contribution in [-0.4, -0.2) is 65.7 Å². The molecule has 0 unspecified atom stereocenters. The van der Waals surface area contributed by atoms with Crippen molar-refractivity contribution in [2.75, 3.05) is 6.54 Å². The summed E-state index contributed by atoms with van der Waals surface area (Å²) >= 11 is 0. The number of hydrogen-bond donors (Lipinski definition) is 3. The fraction of sp³-hybridized carbons (Fsp3) is 0.359. The van der Waals surface area contributed by atoms with Gasteiger partial charge in [-0.2, -0.15) is 0 Å². The predicted molar refractivity (Wildman–Crippen MR) is 200 cm³/mol. The first-order valence-corrected chi connectivity index (χ1v) is 18.9. The Kier molecular flexibility index (Phi) is 14.7. The number of rotatable bonds is 17. The molecule has 4 aromatic rings. The Labute approximate surface area is 315 Å². The van der Waals surface area contributed by atoms with Gasteiger partial charge in [-0.15, -0.1) is 0 Å². The van der Waals surface area contributed by atoms with Crippen molar-refractivity contribution in [2.24, 2.45) is 0 Å². The van der Waals surface area contributed by atoms with Gasteiger partial charge >= 0.3 is 18.2 Å². The van der Waals surface area contributed by atoms with Crippen LogP contribution in [0.2, 0.25) is 0 Å². The molecule has 2 atom stereocenters. The third-order valence-corrected chi connectivity index (χ3v) is 9.48. The number of benzene rings is 3. The quantitative estimate of drug-likeness (QED) is 0.0736. The number of nitrogens with one attached hydrogen (secondary N) is 3. The van der Waals surface area contributed by atoms with Gasteiger partial charge in [-0.1, -0.05) is 78.4 Å². The lowest BCUT2D eigenvalue weighted by Gasteiger charge is -2.25. The average Bonchev–Trinajstić information content (AvgIpc) is 3.62. The summed E-state index contributed by atoms with van der Waals surface area (Å²) in [7, 11) is -3.99. The van der Waals surface area contributed by atoms with Crippen molar-refractivity contribution >= 4 is 34.1 Å². The van der Waals surface area contributed by atoms with Gasteiger partial charge in [-0.05, 0) is 70.2 Å². The molecule has 1 heterocycles. The lowest BCUT2D eigenvalue weighted by atomic mass is 10.1. The summed E-state index contributed by atoms with van der Waals surface area (Å²) in [6.45, 7) is 7.17. The van der Waals surface area contributed by atoms with Gasteiger partial charge in [0.25, 0.3) is 10.0 Å². The summed E-state index contributed by atoms with van der Waals surface area (Å²) in [6.07, 6.45) is 1.64. The highest BCUT2D eigenvalue weighted by Crippen LogP contribution is 2.16. The molecule has 0 aliphatic rings. The third kappa shape index (κ3) is 13.4. The molecule has 0 radical (unpaired) electrons. The normalized spacial score (nSPS) is 12.5. The minimum absolute atomic E-state index is 0.0344. The fourth-order valence-electron chi connectivity index (χ4n) is 5.07. The number of imidazole rings is 1. The predicted octanol–water partition coefficient (Wildman–Crippen LogP) is 5.19. The topological polar surface area (TPSA) is 184 Å². The Morgan fingerprint density at radius 1 is 0.778 bits per heavy atom. The van der Waals surface area contributed by atoms with Crippen LogP contribution in [0.1, 0.15) is 62.4 Å². The first-order chi connectivity index (χ1) is 25.7.